The fraction of sp³-hybridized carbons (Fsp3) is 0.625. The van der Waals surface area contributed by atoms with Crippen molar-refractivity contribution in [2.45, 2.75) is 56.6 Å². The molecule has 3 rings (SSSR count). The Balaban J connectivity index is 1.74. The second-order valence-corrected chi connectivity index (χ2v) is 6.08. The fourth-order valence-corrected chi connectivity index (χ4v) is 3.37. The van der Waals surface area contributed by atoms with Gasteiger partial charge in [-0.1, -0.05) is 18.2 Å². The van der Waals surface area contributed by atoms with Crippen molar-refractivity contribution in [1.29, 1.82) is 0 Å². The minimum atomic E-state index is 0.132. The van der Waals surface area contributed by atoms with Crippen LogP contribution < -0.4 is 4.74 Å². The van der Waals surface area contributed by atoms with E-state index in [-0.39, 0.29) is 11.7 Å². The molecule has 1 aliphatic carbocycles. The van der Waals surface area contributed by atoms with Gasteiger partial charge in [-0.25, -0.2) is 0 Å². The van der Waals surface area contributed by atoms with Crippen molar-refractivity contribution in [3.8, 4) is 5.75 Å². The topological polar surface area (TPSA) is 18.5 Å². The first kappa shape index (κ1) is 13.3. The average molecular weight is 281 g/mol. The van der Waals surface area contributed by atoms with Crippen LogP contribution in [0.3, 0.4) is 0 Å². The van der Waals surface area contributed by atoms with E-state index in [2.05, 4.69) is 13.0 Å². The van der Waals surface area contributed by atoms with Crippen LogP contribution in [0.25, 0.3) is 0 Å². The summed E-state index contributed by atoms with van der Waals surface area (Å²) >= 11 is 6.01. The molecule has 1 heterocycles. The lowest BCUT2D eigenvalue weighted by Crippen LogP contribution is -2.48. The Kier molecular flexibility index (Phi) is 3.72. The van der Waals surface area contributed by atoms with Crippen molar-refractivity contribution in [3.63, 3.8) is 0 Å². The number of halogens is 1. The quantitative estimate of drug-likeness (QED) is 0.772. The molecule has 2 fully saturated rings. The molecule has 1 atom stereocenters. The second-order valence-electron chi connectivity index (χ2n) is 5.81. The summed E-state index contributed by atoms with van der Waals surface area (Å²) in [4.78, 5) is 0. The maximum absolute atomic E-state index is 6.27. The Hall–Kier alpha value is -0.730. The zero-order valence-corrected chi connectivity index (χ0v) is 12.2. The van der Waals surface area contributed by atoms with Crippen LogP contribution in [0, 0.1) is 6.92 Å². The van der Waals surface area contributed by atoms with Gasteiger partial charge in [-0.2, -0.15) is 0 Å². The molecule has 1 saturated carbocycles. The van der Waals surface area contributed by atoms with E-state index in [4.69, 9.17) is 21.1 Å². The number of rotatable bonds is 3. The smallest absolute Gasteiger partial charge is 0.127 e. The highest BCUT2D eigenvalue weighted by Gasteiger charge is 2.43. The molecule has 1 saturated heterocycles. The van der Waals surface area contributed by atoms with Crippen molar-refractivity contribution < 1.29 is 9.47 Å². The maximum atomic E-state index is 6.27. The van der Waals surface area contributed by atoms with Gasteiger partial charge < -0.3 is 9.47 Å². The SMILES string of the molecule is Cc1cccc(CCl)c1OC1CCOC2(CCC2)C1. The molecule has 1 aromatic rings. The summed E-state index contributed by atoms with van der Waals surface area (Å²) in [6, 6.07) is 6.18. The van der Waals surface area contributed by atoms with Crippen LogP contribution in [0.1, 0.15) is 43.2 Å². The van der Waals surface area contributed by atoms with Gasteiger partial charge in [0.25, 0.3) is 0 Å². The Morgan fingerprint density at radius 1 is 1.42 bits per heavy atom. The normalized spacial score (nSPS) is 25.1. The monoisotopic (exact) mass is 280 g/mol. The molecule has 0 aromatic heterocycles. The number of para-hydroxylation sites is 1. The molecule has 3 heteroatoms. The molecule has 0 radical (unpaired) electrons. The molecule has 1 spiro atoms. The zero-order chi connectivity index (χ0) is 13.3. The van der Waals surface area contributed by atoms with Crippen LogP contribution in [-0.4, -0.2) is 18.3 Å². The molecule has 1 aliphatic heterocycles. The third kappa shape index (κ3) is 2.61. The van der Waals surface area contributed by atoms with Crippen molar-refractivity contribution in [3.05, 3.63) is 29.3 Å². The van der Waals surface area contributed by atoms with Gasteiger partial charge in [-0.3, -0.25) is 0 Å². The number of hydrogen-bond donors (Lipinski definition) is 0. The third-order valence-corrected chi connectivity index (χ3v) is 4.72. The maximum Gasteiger partial charge on any atom is 0.127 e. The van der Waals surface area contributed by atoms with Crippen molar-refractivity contribution in [2.24, 2.45) is 0 Å². The summed E-state index contributed by atoms with van der Waals surface area (Å²) < 4.78 is 12.2. The van der Waals surface area contributed by atoms with E-state index >= 15 is 0 Å². The van der Waals surface area contributed by atoms with E-state index in [0.717, 1.165) is 30.8 Å². The summed E-state index contributed by atoms with van der Waals surface area (Å²) in [6.07, 6.45) is 5.98. The molecular formula is C16H21ClO2. The summed E-state index contributed by atoms with van der Waals surface area (Å²) in [6.45, 7) is 2.91. The van der Waals surface area contributed by atoms with Crippen LogP contribution in [0.2, 0.25) is 0 Å². The number of hydrogen-bond acceptors (Lipinski definition) is 2. The van der Waals surface area contributed by atoms with E-state index in [0.29, 0.717) is 5.88 Å². The van der Waals surface area contributed by atoms with E-state index in [1.807, 2.05) is 12.1 Å². The highest BCUT2D eigenvalue weighted by molar-refractivity contribution is 6.17. The van der Waals surface area contributed by atoms with Gasteiger partial charge in [0.05, 0.1) is 18.1 Å². The van der Waals surface area contributed by atoms with E-state index < -0.39 is 0 Å². The van der Waals surface area contributed by atoms with Crippen molar-refractivity contribution >= 4 is 11.6 Å². The summed E-state index contributed by atoms with van der Waals surface area (Å²) in [5.41, 5.74) is 2.40. The lowest BCUT2D eigenvalue weighted by atomic mass is 9.74. The fourth-order valence-electron chi connectivity index (χ4n) is 3.16. The third-order valence-electron chi connectivity index (χ3n) is 4.43. The van der Waals surface area contributed by atoms with Gasteiger partial charge in [0, 0.05) is 18.4 Å². The summed E-state index contributed by atoms with van der Waals surface area (Å²) in [5, 5.41) is 0. The first-order chi connectivity index (χ1) is 9.22. The minimum Gasteiger partial charge on any atom is -0.490 e. The van der Waals surface area contributed by atoms with Gasteiger partial charge in [0.1, 0.15) is 11.9 Å². The van der Waals surface area contributed by atoms with Crippen LogP contribution in [0.5, 0.6) is 5.75 Å². The van der Waals surface area contributed by atoms with E-state index in [9.17, 15) is 0 Å². The Morgan fingerprint density at radius 3 is 2.95 bits per heavy atom. The first-order valence-corrected chi connectivity index (χ1v) is 7.71. The van der Waals surface area contributed by atoms with Crippen molar-refractivity contribution in [2.75, 3.05) is 6.61 Å². The van der Waals surface area contributed by atoms with Gasteiger partial charge in [-0.05, 0) is 31.7 Å². The number of aryl methyl sites for hydroxylation is 1. The summed E-state index contributed by atoms with van der Waals surface area (Å²) in [5.74, 6) is 1.49. The zero-order valence-electron chi connectivity index (χ0n) is 11.5. The van der Waals surface area contributed by atoms with Crippen LogP contribution in [-0.2, 0) is 10.6 Å². The molecule has 1 aromatic carbocycles. The Bertz CT molecular complexity index is 454. The molecule has 2 nitrogen and oxygen atoms in total. The Morgan fingerprint density at radius 2 is 2.26 bits per heavy atom. The van der Waals surface area contributed by atoms with Crippen LogP contribution in [0.4, 0.5) is 0 Å². The highest BCUT2D eigenvalue weighted by Crippen LogP contribution is 2.43. The van der Waals surface area contributed by atoms with Crippen molar-refractivity contribution in [1.82, 2.24) is 0 Å². The van der Waals surface area contributed by atoms with Gasteiger partial charge in [-0.15, -0.1) is 11.6 Å². The Labute approximate surface area is 120 Å². The number of alkyl halides is 1. The molecule has 2 aliphatic rings. The molecule has 19 heavy (non-hydrogen) atoms. The van der Waals surface area contributed by atoms with Crippen LogP contribution >= 0.6 is 11.6 Å². The van der Waals surface area contributed by atoms with Gasteiger partial charge >= 0.3 is 0 Å². The average Bonchev–Trinajstić information content (AvgIpc) is 2.40. The number of benzene rings is 1. The highest BCUT2D eigenvalue weighted by atomic mass is 35.5. The molecule has 0 amide bonds. The van der Waals surface area contributed by atoms with Gasteiger partial charge in [0.2, 0.25) is 0 Å². The standard InChI is InChI=1S/C16H21ClO2/c1-12-4-2-5-13(11-17)15(12)19-14-6-9-18-16(10-14)7-3-8-16/h2,4-5,14H,3,6-11H2,1H3. The molecule has 1 unspecified atom stereocenters. The summed E-state index contributed by atoms with van der Waals surface area (Å²) in [7, 11) is 0. The first-order valence-electron chi connectivity index (χ1n) is 7.17. The van der Waals surface area contributed by atoms with Gasteiger partial charge in [0.15, 0.2) is 0 Å². The molecule has 0 bridgehead atoms. The predicted octanol–water partition coefficient (Wildman–Crippen LogP) is 4.21. The van der Waals surface area contributed by atoms with E-state index in [1.54, 1.807) is 0 Å². The molecule has 0 N–H and O–H groups in total. The second kappa shape index (κ2) is 5.34. The number of ether oxygens (including phenoxy) is 2. The molecule has 104 valence electrons. The molecular weight excluding hydrogens is 260 g/mol. The largest absolute Gasteiger partial charge is 0.490 e. The lowest BCUT2D eigenvalue weighted by molar-refractivity contribution is -0.153. The minimum absolute atomic E-state index is 0.132. The predicted molar refractivity (Wildman–Crippen MR) is 76.9 cm³/mol. The lowest BCUT2D eigenvalue weighted by Gasteiger charge is -2.47. The van der Waals surface area contributed by atoms with E-state index in [1.165, 1.54) is 24.8 Å². The van der Waals surface area contributed by atoms with Crippen LogP contribution in [0.15, 0.2) is 18.2 Å².